The van der Waals surface area contributed by atoms with Crippen LogP contribution >= 0.6 is 12.4 Å². The Balaban J connectivity index is 0.00000192. The third-order valence-electron chi connectivity index (χ3n) is 4.62. The number of sulfonamides is 1. The summed E-state index contributed by atoms with van der Waals surface area (Å²) in [6, 6.07) is 0.0428. The average Bonchev–Trinajstić information content (AvgIpc) is 3.05. The molecule has 0 unspecified atom stereocenters. The third-order valence-corrected chi connectivity index (χ3v) is 6.10. The Kier molecular flexibility index (Phi) is 6.41. The second-order valence-corrected chi connectivity index (χ2v) is 8.43. The SMILES string of the molecule is CCCCS(=O)(=O)N[C@H]1CN(Cc2cn[nH]n2)C[C@@H]1C1CC1.Cl. The van der Waals surface area contributed by atoms with E-state index in [0.717, 1.165) is 38.2 Å². The van der Waals surface area contributed by atoms with E-state index in [0.29, 0.717) is 11.8 Å². The molecule has 2 N–H and O–H groups in total. The molecule has 1 aromatic heterocycles. The number of likely N-dealkylation sites (tertiary alicyclic amines) is 1. The van der Waals surface area contributed by atoms with Gasteiger partial charge >= 0.3 is 0 Å². The zero-order valence-corrected chi connectivity index (χ0v) is 15.1. The fourth-order valence-electron chi connectivity index (χ4n) is 3.32. The highest BCUT2D eigenvalue weighted by molar-refractivity contribution is 7.89. The van der Waals surface area contributed by atoms with Crippen LogP contribution in [0.1, 0.15) is 38.3 Å². The van der Waals surface area contributed by atoms with Gasteiger partial charge in [-0.15, -0.1) is 12.4 Å². The average molecular weight is 364 g/mol. The second-order valence-electron chi connectivity index (χ2n) is 6.55. The lowest BCUT2D eigenvalue weighted by Crippen LogP contribution is -2.42. The summed E-state index contributed by atoms with van der Waals surface area (Å²) in [6.45, 7) is 4.45. The van der Waals surface area contributed by atoms with Gasteiger partial charge in [-0.2, -0.15) is 15.4 Å². The summed E-state index contributed by atoms with van der Waals surface area (Å²) in [7, 11) is -3.16. The van der Waals surface area contributed by atoms with Gasteiger partial charge in [0.05, 0.1) is 17.6 Å². The fraction of sp³-hybridized carbons (Fsp3) is 0.857. The number of hydrogen-bond acceptors (Lipinski definition) is 5. The Morgan fingerprint density at radius 3 is 2.78 bits per heavy atom. The number of hydrogen-bond donors (Lipinski definition) is 2. The van der Waals surface area contributed by atoms with Gasteiger partial charge in [0.1, 0.15) is 0 Å². The van der Waals surface area contributed by atoms with Crippen LogP contribution in [0.25, 0.3) is 0 Å². The predicted molar refractivity (Wildman–Crippen MR) is 90.7 cm³/mol. The molecule has 0 aromatic carbocycles. The van der Waals surface area contributed by atoms with E-state index in [1.807, 2.05) is 6.92 Å². The van der Waals surface area contributed by atoms with Crippen molar-refractivity contribution < 1.29 is 8.42 Å². The van der Waals surface area contributed by atoms with Gasteiger partial charge < -0.3 is 0 Å². The Morgan fingerprint density at radius 2 is 2.17 bits per heavy atom. The summed E-state index contributed by atoms with van der Waals surface area (Å²) in [5.74, 6) is 1.35. The van der Waals surface area contributed by atoms with Crippen molar-refractivity contribution in [1.29, 1.82) is 0 Å². The highest BCUT2D eigenvalue weighted by atomic mass is 35.5. The van der Waals surface area contributed by atoms with E-state index in [2.05, 4.69) is 25.0 Å². The summed E-state index contributed by atoms with van der Waals surface area (Å²) < 4.78 is 27.4. The summed E-state index contributed by atoms with van der Waals surface area (Å²) in [6.07, 6.45) is 5.81. The lowest BCUT2D eigenvalue weighted by atomic mass is 9.99. The largest absolute Gasteiger partial charge is 0.295 e. The summed E-state index contributed by atoms with van der Waals surface area (Å²) >= 11 is 0. The van der Waals surface area contributed by atoms with Crippen molar-refractivity contribution in [2.24, 2.45) is 11.8 Å². The van der Waals surface area contributed by atoms with Gasteiger partial charge in [0, 0.05) is 25.7 Å². The first kappa shape index (κ1) is 18.6. The van der Waals surface area contributed by atoms with Crippen LogP contribution in [-0.2, 0) is 16.6 Å². The predicted octanol–water partition coefficient (Wildman–Crippen LogP) is 1.16. The molecule has 7 nitrogen and oxygen atoms in total. The molecule has 0 radical (unpaired) electrons. The maximum Gasteiger partial charge on any atom is 0.211 e. The van der Waals surface area contributed by atoms with E-state index in [4.69, 9.17) is 0 Å². The number of aromatic amines is 1. The molecule has 0 amide bonds. The Morgan fingerprint density at radius 1 is 1.39 bits per heavy atom. The van der Waals surface area contributed by atoms with Gasteiger partial charge in [-0.1, -0.05) is 13.3 Å². The maximum absolute atomic E-state index is 12.2. The minimum atomic E-state index is -3.16. The van der Waals surface area contributed by atoms with Crippen LogP contribution in [0.15, 0.2) is 6.20 Å². The van der Waals surface area contributed by atoms with E-state index in [-0.39, 0.29) is 24.2 Å². The fourth-order valence-corrected chi connectivity index (χ4v) is 4.82. The van der Waals surface area contributed by atoms with E-state index >= 15 is 0 Å². The van der Waals surface area contributed by atoms with Crippen molar-refractivity contribution in [3.8, 4) is 0 Å². The quantitative estimate of drug-likeness (QED) is 0.723. The minimum Gasteiger partial charge on any atom is -0.295 e. The van der Waals surface area contributed by atoms with Crippen molar-refractivity contribution in [3.63, 3.8) is 0 Å². The summed E-state index contributed by atoms with van der Waals surface area (Å²) in [5, 5.41) is 10.5. The first-order valence-electron chi connectivity index (χ1n) is 8.14. The van der Waals surface area contributed by atoms with Crippen molar-refractivity contribution in [1.82, 2.24) is 25.0 Å². The Hall–Kier alpha value is -0.700. The van der Waals surface area contributed by atoms with E-state index in [1.165, 1.54) is 12.8 Å². The lowest BCUT2D eigenvalue weighted by molar-refractivity contribution is 0.306. The molecule has 1 saturated carbocycles. The molecule has 2 aliphatic rings. The molecule has 2 atom stereocenters. The van der Waals surface area contributed by atoms with Gasteiger partial charge in [-0.3, -0.25) is 4.90 Å². The number of unbranched alkanes of at least 4 members (excludes halogenated alkanes) is 1. The summed E-state index contributed by atoms with van der Waals surface area (Å²) in [5.41, 5.74) is 0.907. The molecule has 23 heavy (non-hydrogen) atoms. The van der Waals surface area contributed by atoms with Gasteiger partial charge in [-0.25, -0.2) is 13.1 Å². The maximum atomic E-state index is 12.2. The molecule has 1 saturated heterocycles. The van der Waals surface area contributed by atoms with E-state index < -0.39 is 10.0 Å². The molecule has 0 bridgehead atoms. The Bertz CT molecular complexity index is 576. The van der Waals surface area contributed by atoms with Crippen LogP contribution in [0.2, 0.25) is 0 Å². The highest BCUT2D eigenvalue weighted by Gasteiger charge is 2.43. The summed E-state index contributed by atoms with van der Waals surface area (Å²) in [4.78, 5) is 2.29. The topological polar surface area (TPSA) is 91.0 Å². The smallest absolute Gasteiger partial charge is 0.211 e. The standard InChI is InChI=1S/C14H25N5O2S.ClH/c1-2-3-6-22(20,21)17-14-10-19(8-12-7-15-18-16-12)9-13(14)11-4-5-11;/h7,11,13-14,17H,2-6,8-10H2,1H3,(H,15,16,18);1H/t13-,14+;/m1./s1. The third kappa shape index (κ3) is 5.14. The molecular weight excluding hydrogens is 338 g/mol. The molecule has 2 heterocycles. The van der Waals surface area contributed by atoms with Crippen LogP contribution in [0, 0.1) is 11.8 Å². The monoisotopic (exact) mass is 363 g/mol. The molecule has 9 heteroatoms. The van der Waals surface area contributed by atoms with Crippen molar-refractivity contribution in [2.75, 3.05) is 18.8 Å². The number of H-pyrrole nitrogens is 1. The number of rotatable bonds is 8. The second kappa shape index (κ2) is 7.92. The van der Waals surface area contributed by atoms with Crippen LogP contribution < -0.4 is 4.72 Å². The van der Waals surface area contributed by atoms with E-state index in [1.54, 1.807) is 6.20 Å². The molecule has 1 aliphatic carbocycles. The van der Waals surface area contributed by atoms with Crippen LogP contribution in [0.3, 0.4) is 0 Å². The van der Waals surface area contributed by atoms with Gasteiger partial charge in [0.15, 0.2) is 0 Å². The molecule has 1 aromatic rings. The Labute approximate surface area is 144 Å². The van der Waals surface area contributed by atoms with Crippen LogP contribution in [-0.4, -0.2) is 53.6 Å². The number of nitrogens with zero attached hydrogens (tertiary/aromatic N) is 3. The first-order valence-corrected chi connectivity index (χ1v) is 9.79. The van der Waals surface area contributed by atoms with Gasteiger partial charge in [-0.05, 0) is 31.1 Å². The van der Waals surface area contributed by atoms with Gasteiger partial charge in [0.2, 0.25) is 10.0 Å². The van der Waals surface area contributed by atoms with Crippen molar-refractivity contribution >= 4 is 22.4 Å². The van der Waals surface area contributed by atoms with Crippen molar-refractivity contribution in [3.05, 3.63) is 11.9 Å². The minimum absolute atomic E-state index is 0. The van der Waals surface area contributed by atoms with Crippen LogP contribution in [0.4, 0.5) is 0 Å². The first-order chi connectivity index (χ1) is 10.6. The molecule has 1 aliphatic heterocycles. The highest BCUT2D eigenvalue weighted by Crippen LogP contribution is 2.41. The normalized spacial score (nSPS) is 25.4. The van der Waals surface area contributed by atoms with Gasteiger partial charge in [0.25, 0.3) is 0 Å². The van der Waals surface area contributed by atoms with Crippen molar-refractivity contribution in [2.45, 2.75) is 45.2 Å². The molecule has 3 rings (SSSR count). The zero-order chi connectivity index (χ0) is 15.6. The number of halogens is 1. The number of nitrogens with one attached hydrogen (secondary N) is 2. The zero-order valence-electron chi connectivity index (χ0n) is 13.4. The molecular formula is C14H26ClN5O2S. The van der Waals surface area contributed by atoms with Crippen LogP contribution in [0.5, 0.6) is 0 Å². The van der Waals surface area contributed by atoms with E-state index in [9.17, 15) is 8.42 Å². The lowest BCUT2D eigenvalue weighted by Gasteiger charge is -2.19. The molecule has 2 fully saturated rings. The molecule has 0 spiro atoms. The number of aromatic nitrogens is 3. The molecule has 132 valence electrons.